The quantitative estimate of drug-likeness (QED) is 0.891. The van der Waals surface area contributed by atoms with Crippen molar-refractivity contribution in [3.8, 4) is 5.75 Å². The van der Waals surface area contributed by atoms with Crippen LogP contribution in [0.2, 0.25) is 0 Å². The van der Waals surface area contributed by atoms with Crippen molar-refractivity contribution in [2.24, 2.45) is 5.73 Å². The summed E-state index contributed by atoms with van der Waals surface area (Å²) in [6, 6.07) is 8.40. The second-order valence-corrected chi connectivity index (χ2v) is 5.59. The highest BCUT2D eigenvalue weighted by Crippen LogP contribution is 2.23. The molecule has 0 fully saturated rings. The highest BCUT2D eigenvalue weighted by molar-refractivity contribution is 7.14. The SMILES string of the molecule is CC(C)Oc1ccc(C(=O)Nc2sccc2C(N)=O)cc1. The lowest BCUT2D eigenvalue weighted by Crippen LogP contribution is -2.16. The first-order chi connectivity index (χ1) is 9.97. The van der Waals surface area contributed by atoms with Gasteiger partial charge in [0.1, 0.15) is 10.8 Å². The van der Waals surface area contributed by atoms with Crippen molar-refractivity contribution in [3.63, 3.8) is 0 Å². The number of rotatable bonds is 5. The van der Waals surface area contributed by atoms with E-state index in [1.807, 2.05) is 13.8 Å². The van der Waals surface area contributed by atoms with Crippen molar-refractivity contribution in [2.45, 2.75) is 20.0 Å². The van der Waals surface area contributed by atoms with Gasteiger partial charge in [0.2, 0.25) is 0 Å². The number of benzene rings is 1. The molecule has 3 N–H and O–H groups in total. The molecule has 0 atom stereocenters. The summed E-state index contributed by atoms with van der Waals surface area (Å²) in [7, 11) is 0. The standard InChI is InChI=1S/C15H16N2O3S/c1-9(2)20-11-5-3-10(4-6-11)14(19)17-15-12(13(16)18)7-8-21-15/h3-9H,1-2H3,(H2,16,18)(H,17,19). The fourth-order valence-corrected chi connectivity index (χ4v) is 2.52. The first-order valence-corrected chi connectivity index (χ1v) is 7.30. The van der Waals surface area contributed by atoms with Crippen LogP contribution in [0.25, 0.3) is 0 Å². The van der Waals surface area contributed by atoms with Crippen molar-refractivity contribution in [3.05, 3.63) is 46.8 Å². The maximum Gasteiger partial charge on any atom is 0.256 e. The van der Waals surface area contributed by atoms with Crippen molar-refractivity contribution >= 4 is 28.2 Å². The van der Waals surface area contributed by atoms with E-state index in [1.165, 1.54) is 11.3 Å². The van der Waals surface area contributed by atoms with Crippen molar-refractivity contribution in [1.29, 1.82) is 0 Å². The van der Waals surface area contributed by atoms with Crippen LogP contribution in [0.1, 0.15) is 34.6 Å². The Hall–Kier alpha value is -2.34. The van der Waals surface area contributed by atoms with Crippen LogP contribution < -0.4 is 15.8 Å². The molecule has 1 aromatic heterocycles. The Morgan fingerprint density at radius 3 is 2.43 bits per heavy atom. The van der Waals surface area contributed by atoms with Gasteiger partial charge in [-0.05, 0) is 49.6 Å². The van der Waals surface area contributed by atoms with E-state index in [9.17, 15) is 9.59 Å². The predicted molar refractivity (Wildman–Crippen MR) is 83.0 cm³/mol. The number of ether oxygens (including phenoxy) is 1. The number of carbonyl (C=O) groups excluding carboxylic acids is 2. The third kappa shape index (κ3) is 3.82. The largest absolute Gasteiger partial charge is 0.491 e. The van der Waals surface area contributed by atoms with Gasteiger partial charge in [-0.25, -0.2) is 0 Å². The number of nitrogens with one attached hydrogen (secondary N) is 1. The van der Waals surface area contributed by atoms with Gasteiger partial charge in [-0.3, -0.25) is 9.59 Å². The van der Waals surface area contributed by atoms with E-state index in [0.717, 1.165) is 0 Å². The number of thiophene rings is 1. The third-order valence-electron chi connectivity index (χ3n) is 2.65. The fourth-order valence-electron chi connectivity index (χ4n) is 1.73. The molecule has 2 rings (SSSR count). The minimum absolute atomic E-state index is 0.0777. The lowest BCUT2D eigenvalue weighted by atomic mass is 10.2. The van der Waals surface area contributed by atoms with Crippen LogP contribution in [-0.4, -0.2) is 17.9 Å². The van der Waals surface area contributed by atoms with Gasteiger partial charge in [-0.2, -0.15) is 0 Å². The smallest absolute Gasteiger partial charge is 0.256 e. The second-order valence-electron chi connectivity index (χ2n) is 4.67. The first kappa shape index (κ1) is 15.1. The molecule has 0 aliphatic carbocycles. The Balaban J connectivity index is 2.10. The molecule has 0 aliphatic rings. The second kappa shape index (κ2) is 6.41. The van der Waals surface area contributed by atoms with Gasteiger partial charge in [0.15, 0.2) is 0 Å². The Morgan fingerprint density at radius 1 is 1.19 bits per heavy atom. The molecule has 0 bridgehead atoms. The summed E-state index contributed by atoms with van der Waals surface area (Å²) in [5.41, 5.74) is 6.03. The predicted octanol–water partition coefficient (Wildman–Crippen LogP) is 2.89. The summed E-state index contributed by atoms with van der Waals surface area (Å²) in [5, 5.41) is 4.84. The average molecular weight is 304 g/mol. The molecular formula is C15H16N2O3S. The number of hydrogen-bond acceptors (Lipinski definition) is 4. The highest BCUT2D eigenvalue weighted by atomic mass is 32.1. The molecule has 21 heavy (non-hydrogen) atoms. The van der Waals surface area contributed by atoms with Crippen LogP contribution in [0.15, 0.2) is 35.7 Å². The molecule has 1 aromatic carbocycles. The molecular weight excluding hydrogens is 288 g/mol. The summed E-state index contributed by atoms with van der Waals surface area (Å²) >= 11 is 1.25. The lowest BCUT2D eigenvalue weighted by Gasteiger charge is -2.10. The van der Waals surface area contributed by atoms with Crippen molar-refractivity contribution < 1.29 is 14.3 Å². The average Bonchev–Trinajstić information content (AvgIpc) is 2.87. The zero-order chi connectivity index (χ0) is 15.4. The zero-order valence-corrected chi connectivity index (χ0v) is 12.6. The monoisotopic (exact) mass is 304 g/mol. The van der Waals surface area contributed by atoms with Crippen molar-refractivity contribution in [2.75, 3.05) is 5.32 Å². The maximum absolute atomic E-state index is 12.1. The van der Waals surface area contributed by atoms with Crippen LogP contribution in [0.5, 0.6) is 5.75 Å². The first-order valence-electron chi connectivity index (χ1n) is 6.42. The Labute approximate surface area is 126 Å². The summed E-state index contributed by atoms with van der Waals surface area (Å²) in [4.78, 5) is 23.3. The molecule has 6 heteroatoms. The highest BCUT2D eigenvalue weighted by Gasteiger charge is 2.13. The van der Waals surface area contributed by atoms with Gasteiger partial charge in [-0.1, -0.05) is 0 Å². The van der Waals surface area contributed by atoms with Crippen LogP contribution >= 0.6 is 11.3 Å². The normalized spacial score (nSPS) is 10.4. The molecule has 110 valence electrons. The van der Waals surface area contributed by atoms with Crippen LogP contribution in [0.3, 0.4) is 0 Å². The molecule has 2 aromatic rings. The van der Waals surface area contributed by atoms with E-state index < -0.39 is 5.91 Å². The van der Waals surface area contributed by atoms with E-state index in [4.69, 9.17) is 10.5 Å². The molecule has 0 aliphatic heterocycles. The van der Waals surface area contributed by atoms with E-state index in [-0.39, 0.29) is 12.0 Å². The van der Waals surface area contributed by atoms with Gasteiger partial charge in [0, 0.05) is 5.56 Å². The van der Waals surface area contributed by atoms with E-state index >= 15 is 0 Å². The summed E-state index contributed by atoms with van der Waals surface area (Å²) < 4.78 is 5.51. The van der Waals surface area contributed by atoms with Crippen LogP contribution in [-0.2, 0) is 0 Å². The number of carbonyl (C=O) groups is 2. The summed E-state index contributed by atoms with van der Waals surface area (Å²) in [5.74, 6) is -0.154. The number of primary amides is 1. The minimum Gasteiger partial charge on any atom is -0.491 e. The number of hydrogen-bond donors (Lipinski definition) is 2. The topological polar surface area (TPSA) is 81.4 Å². The molecule has 5 nitrogen and oxygen atoms in total. The molecule has 1 heterocycles. The summed E-state index contributed by atoms with van der Waals surface area (Å²) in [6.07, 6.45) is 0.0777. The van der Waals surface area contributed by atoms with Crippen LogP contribution in [0.4, 0.5) is 5.00 Å². The molecule has 2 amide bonds. The van der Waals surface area contributed by atoms with Gasteiger partial charge >= 0.3 is 0 Å². The Kier molecular flexibility index (Phi) is 4.59. The molecule has 0 saturated heterocycles. The van der Waals surface area contributed by atoms with Crippen LogP contribution in [0, 0.1) is 0 Å². The summed E-state index contributed by atoms with van der Waals surface area (Å²) in [6.45, 7) is 3.87. The lowest BCUT2D eigenvalue weighted by molar-refractivity contribution is 0.100. The number of amides is 2. The zero-order valence-electron chi connectivity index (χ0n) is 11.8. The maximum atomic E-state index is 12.1. The van der Waals surface area contributed by atoms with Gasteiger partial charge in [0.25, 0.3) is 11.8 Å². The Bertz CT molecular complexity index is 647. The van der Waals surface area contributed by atoms with E-state index in [0.29, 0.717) is 21.9 Å². The van der Waals surface area contributed by atoms with Gasteiger partial charge < -0.3 is 15.8 Å². The van der Waals surface area contributed by atoms with Gasteiger partial charge in [-0.15, -0.1) is 11.3 Å². The van der Waals surface area contributed by atoms with E-state index in [2.05, 4.69) is 5.32 Å². The molecule has 0 saturated carbocycles. The fraction of sp³-hybridized carbons (Fsp3) is 0.200. The third-order valence-corrected chi connectivity index (χ3v) is 3.48. The van der Waals surface area contributed by atoms with Gasteiger partial charge in [0.05, 0.1) is 11.7 Å². The molecule has 0 unspecified atom stereocenters. The van der Waals surface area contributed by atoms with E-state index in [1.54, 1.807) is 35.7 Å². The van der Waals surface area contributed by atoms with Crippen molar-refractivity contribution in [1.82, 2.24) is 0 Å². The number of nitrogens with two attached hydrogens (primary N) is 1. The Morgan fingerprint density at radius 2 is 1.86 bits per heavy atom. The molecule has 0 radical (unpaired) electrons. The molecule has 0 spiro atoms. The minimum atomic E-state index is -0.563. The number of anilines is 1.